The molecule has 1 saturated carbocycles. The van der Waals surface area contributed by atoms with Crippen LogP contribution in [0.25, 0.3) is 0 Å². The third kappa shape index (κ3) is 4.54. The van der Waals surface area contributed by atoms with E-state index >= 15 is 0 Å². The van der Waals surface area contributed by atoms with Gasteiger partial charge in [-0.25, -0.2) is 0 Å². The fraction of sp³-hybridized carbons (Fsp3) is 0.647. The predicted octanol–water partition coefficient (Wildman–Crippen LogP) is 3.94. The Morgan fingerprint density at radius 1 is 1.26 bits per heavy atom. The zero-order chi connectivity index (χ0) is 13.5. The molecule has 2 rings (SSSR count). The number of ether oxygens (including phenoxy) is 1. The Morgan fingerprint density at radius 2 is 2.16 bits per heavy atom. The fourth-order valence-electron chi connectivity index (χ4n) is 2.82. The largest absolute Gasteiger partial charge is 0.490 e. The fourth-order valence-corrected chi connectivity index (χ4v) is 2.82. The lowest BCUT2D eigenvalue weighted by molar-refractivity contribution is 0.135. The van der Waals surface area contributed by atoms with E-state index in [1.165, 1.54) is 31.2 Å². The third-order valence-corrected chi connectivity index (χ3v) is 3.92. The minimum absolute atomic E-state index is 0.384. The van der Waals surface area contributed by atoms with Gasteiger partial charge in [0.2, 0.25) is 0 Å². The minimum atomic E-state index is 0.384. The second kappa shape index (κ2) is 7.54. The molecule has 0 heterocycles. The van der Waals surface area contributed by atoms with Gasteiger partial charge in [-0.1, -0.05) is 26.0 Å². The van der Waals surface area contributed by atoms with Crippen LogP contribution in [0.3, 0.4) is 0 Å². The van der Waals surface area contributed by atoms with Crippen LogP contribution in [-0.4, -0.2) is 18.7 Å². The molecule has 0 aliphatic heterocycles. The first-order valence-electron chi connectivity index (χ1n) is 7.80. The second-order valence-electron chi connectivity index (χ2n) is 5.56. The van der Waals surface area contributed by atoms with E-state index in [4.69, 9.17) is 4.74 Å². The monoisotopic (exact) mass is 261 g/mol. The first kappa shape index (κ1) is 14.4. The molecule has 0 aromatic heterocycles. The van der Waals surface area contributed by atoms with Crippen molar-refractivity contribution in [2.75, 3.05) is 6.54 Å². The van der Waals surface area contributed by atoms with E-state index in [1.54, 1.807) is 0 Å². The quantitative estimate of drug-likeness (QED) is 0.837. The predicted molar refractivity (Wildman–Crippen MR) is 80.8 cm³/mol. The average molecular weight is 261 g/mol. The highest BCUT2D eigenvalue weighted by Crippen LogP contribution is 2.24. The summed E-state index contributed by atoms with van der Waals surface area (Å²) in [6.45, 7) is 5.53. The molecule has 1 aromatic rings. The molecule has 1 aliphatic rings. The van der Waals surface area contributed by atoms with Crippen LogP contribution >= 0.6 is 0 Å². The van der Waals surface area contributed by atoms with Gasteiger partial charge in [-0.05, 0) is 62.8 Å². The van der Waals surface area contributed by atoms with Gasteiger partial charge >= 0.3 is 0 Å². The summed E-state index contributed by atoms with van der Waals surface area (Å²) < 4.78 is 6.17. The van der Waals surface area contributed by atoms with Crippen LogP contribution in [0.15, 0.2) is 24.3 Å². The topological polar surface area (TPSA) is 21.3 Å². The van der Waals surface area contributed by atoms with Gasteiger partial charge in [0, 0.05) is 6.04 Å². The Balaban J connectivity index is 1.87. The molecule has 2 nitrogen and oxygen atoms in total. The highest BCUT2D eigenvalue weighted by atomic mass is 16.5. The molecule has 0 amide bonds. The second-order valence-corrected chi connectivity index (χ2v) is 5.56. The number of aryl methyl sites for hydroxylation is 1. The van der Waals surface area contributed by atoms with Gasteiger partial charge in [-0.15, -0.1) is 0 Å². The van der Waals surface area contributed by atoms with Gasteiger partial charge in [0.25, 0.3) is 0 Å². The van der Waals surface area contributed by atoms with Crippen molar-refractivity contribution in [2.24, 2.45) is 0 Å². The van der Waals surface area contributed by atoms with Crippen molar-refractivity contribution in [3.8, 4) is 5.75 Å². The normalized spacial score (nSPS) is 23.3. The van der Waals surface area contributed by atoms with E-state index < -0.39 is 0 Å². The summed E-state index contributed by atoms with van der Waals surface area (Å²) in [5, 5.41) is 3.63. The molecular formula is C17H27NO. The summed E-state index contributed by atoms with van der Waals surface area (Å²) in [7, 11) is 0. The maximum Gasteiger partial charge on any atom is 0.119 e. The maximum atomic E-state index is 6.17. The van der Waals surface area contributed by atoms with Gasteiger partial charge in [-0.2, -0.15) is 0 Å². The van der Waals surface area contributed by atoms with E-state index in [1.807, 2.05) is 0 Å². The highest BCUT2D eigenvalue weighted by Gasteiger charge is 2.22. The standard InChI is InChI=1S/C17H27NO/c1-3-11-18-15-8-6-10-17(13-15)19-16-9-5-7-14(4-2)12-16/h5,7,9,12,15,17-18H,3-4,6,8,10-11,13H2,1-2H3. The van der Waals surface area contributed by atoms with Crippen molar-refractivity contribution in [2.45, 2.75) is 64.5 Å². The molecule has 0 bridgehead atoms. The SMILES string of the molecule is CCCNC1CCCC(Oc2cccc(CC)c2)C1. The molecule has 0 radical (unpaired) electrons. The summed E-state index contributed by atoms with van der Waals surface area (Å²) in [6, 6.07) is 9.18. The lowest BCUT2D eigenvalue weighted by atomic mass is 9.92. The Hall–Kier alpha value is -1.02. The van der Waals surface area contributed by atoms with Gasteiger partial charge < -0.3 is 10.1 Å². The molecule has 0 spiro atoms. The van der Waals surface area contributed by atoms with Gasteiger partial charge in [0.1, 0.15) is 11.9 Å². The number of hydrogen-bond donors (Lipinski definition) is 1. The zero-order valence-corrected chi connectivity index (χ0v) is 12.3. The molecule has 1 aliphatic carbocycles. The number of hydrogen-bond acceptors (Lipinski definition) is 2. The molecule has 0 saturated heterocycles. The molecule has 1 aromatic carbocycles. The van der Waals surface area contributed by atoms with Crippen LogP contribution in [0, 0.1) is 0 Å². The molecule has 2 heteroatoms. The number of benzene rings is 1. The molecule has 1 N–H and O–H groups in total. The Morgan fingerprint density at radius 3 is 2.95 bits per heavy atom. The molecule has 1 fully saturated rings. The lowest BCUT2D eigenvalue weighted by Crippen LogP contribution is -2.38. The number of rotatable bonds is 6. The third-order valence-electron chi connectivity index (χ3n) is 3.92. The zero-order valence-electron chi connectivity index (χ0n) is 12.3. The summed E-state index contributed by atoms with van der Waals surface area (Å²) >= 11 is 0. The molecule has 2 unspecified atom stereocenters. The maximum absolute atomic E-state index is 6.17. The van der Waals surface area contributed by atoms with E-state index in [9.17, 15) is 0 Å². The summed E-state index contributed by atoms with van der Waals surface area (Å²) in [5.41, 5.74) is 1.36. The lowest BCUT2D eigenvalue weighted by Gasteiger charge is -2.30. The van der Waals surface area contributed by atoms with Crippen molar-refractivity contribution >= 4 is 0 Å². The van der Waals surface area contributed by atoms with Crippen LogP contribution in [0.5, 0.6) is 5.75 Å². The molecule has 106 valence electrons. The van der Waals surface area contributed by atoms with Crippen molar-refractivity contribution in [1.29, 1.82) is 0 Å². The van der Waals surface area contributed by atoms with Crippen LogP contribution in [-0.2, 0) is 6.42 Å². The van der Waals surface area contributed by atoms with E-state index in [0.717, 1.165) is 25.1 Å². The first-order valence-corrected chi connectivity index (χ1v) is 7.80. The minimum Gasteiger partial charge on any atom is -0.490 e. The van der Waals surface area contributed by atoms with Crippen LogP contribution in [0.2, 0.25) is 0 Å². The Bertz CT molecular complexity index is 377. The molecule has 2 atom stereocenters. The van der Waals surface area contributed by atoms with Crippen molar-refractivity contribution in [3.63, 3.8) is 0 Å². The smallest absolute Gasteiger partial charge is 0.119 e. The van der Waals surface area contributed by atoms with Gasteiger partial charge in [0.05, 0.1) is 0 Å². The average Bonchev–Trinajstić information content (AvgIpc) is 2.46. The summed E-state index contributed by atoms with van der Waals surface area (Å²) in [4.78, 5) is 0. The van der Waals surface area contributed by atoms with E-state index in [2.05, 4.69) is 43.4 Å². The summed E-state index contributed by atoms with van der Waals surface area (Å²) in [6.07, 6.45) is 7.59. The molecular weight excluding hydrogens is 234 g/mol. The van der Waals surface area contributed by atoms with Crippen molar-refractivity contribution in [3.05, 3.63) is 29.8 Å². The number of nitrogens with one attached hydrogen (secondary N) is 1. The Labute approximate surface area is 117 Å². The van der Waals surface area contributed by atoms with Gasteiger partial charge in [-0.3, -0.25) is 0 Å². The highest BCUT2D eigenvalue weighted by molar-refractivity contribution is 5.28. The van der Waals surface area contributed by atoms with Crippen LogP contribution < -0.4 is 10.1 Å². The summed E-state index contributed by atoms with van der Waals surface area (Å²) in [5.74, 6) is 1.04. The Kier molecular flexibility index (Phi) is 5.71. The van der Waals surface area contributed by atoms with Crippen LogP contribution in [0.4, 0.5) is 0 Å². The van der Waals surface area contributed by atoms with E-state index in [-0.39, 0.29) is 0 Å². The van der Waals surface area contributed by atoms with E-state index in [0.29, 0.717) is 12.1 Å². The first-order chi connectivity index (χ1) is 9.31. The van der Waals surface area contributed by atoms with Crippen LogP contribution in [0.1, 0.15) is 51.5 Å². The van der Waals surface area contributed by atoms with Crippen molar-refractivity contribution < 1.29 is 4.74 Å². The van der Waals surface area contributed by atoms with Gasteiger partial charge in [0.15, 0.2) is 0 Å². The molecule has 19 heavy (non-hydrogen) atoms. The van der Waals surface area contributed by atoms with Crippen molar-refractivity contribution in [1.82, 2.24) is 5.32 Å².